The van der Waals surface area contributed by atoms with Crippen LogP contribution in [-0.4, -0.2) is 5.78 Å². The zero-order valence-corrected chi connectivity index (χ0v) is 10.2. The van der Waals surface area contributed by atoms with Gasteiger partial charge in [-0.1, -0.05) is 18.2 Å². The minimum atomic E-state index is -2.41. The fourth-order valence-electron chi connectivity index (χ4n) is 3.71. The molecule has 1 aromatic carbocycles. The molecule has 1 fully saturated rings. The van der Waals surface area contributed by atoms with E-state index < -0.39 is 6.43 Å². The number of hydrogen-bond donors (Lipinski definition) is 0. The fourth-order valence-corrected chi connectivity index (χ4v) is 3.71. The molecule has 18 heavy (non-hydrogen) atoms. The van der Waals surface area contributed by atoms with Crippen LogP contribution in [0, 0.1) is 0 Å². The van der Waals surface area contributed by atoms with E-state index >= 15 is 0 Å². The number of alkyl halides is 2. The molecule has 1 unspecified atom stereocenters. The second-order valence-electron chi connectivity index (χ2n) is 5.52. The lowest BCUT2D eigenvalue weighted by molar-refractivity contribution is -0.122. The number of Topliss-reactive ketones (excluding diaryl/α,β-unsaturated/α-hetero) is 1. The lowest BCUT2D eigenvalue weighted by atomic mass is 9.70. The molecule has 3 rings (SSSR count). The highest BCUT2D eigenvalue weighted by Gasteiger charge is 2.43. The molecule has 96 valence electrons. The number of halogens is 2. The quantitative estimate of drug-likeness (QED) is 0.737. The summed E-state index contributed by atoms with van der Waals surface area (Å²) in [6.07, 6.45) is 2.23. The van der Waals surface area contributed by atoms with Crippen LogP contribution >= 0.6 is 0 Å². The van der Waals surface area contributed by atoms with Crippen LogP contribution in [0.3, 0.4) is 0 Å². The molecule has 0 radical (unpaired) electrons. The molecule has 0 aliphatic heterocycles. The van der Waals surface area contributed by atoms with E-state index in [4.69, 9.17) is 0 Å². The van der Waals surface area contributed by atoms with E-state index in [1.165, 1.54) is 6.07 Å². The molecule has 0 amide bonds. The Labute approximate surface area is 105 Å². The Morgan fingerprint density at radius 2 is 2.00 bits per heavy atom. The molecule has 1 saturated carbocycles. The molecule has 0 N–H and O–H groups in total. The summed E-state index contributed by atoms with van der Waals surface area (Å²) in [6.45, 7) is 0. The smallest absolute Gasteiger partial charge is 0.264 e. The first-order valence-corrected chi connectivity index (χ1v) is 6.54. The van der Waals surface area contributed by atoms with Crippen molar-refractivity contribution in [3.63, 3.8) is 0 Å². The summed E-state index contributed by atoms with van der Waals surface area (Å²) in [5.74, 6) is 0.288. The first-order valence-electron chi connectivity index (χ1n) is 6.54. The Hall–Kier alpha value is -1.25. The molecule has 1 spiro atoms. The maximum atomic E-state index is 13.0. The van der Waals surface area contributed by atoms with Crippen LogP contribution < -0.4 is 0 Å². The molecule has 1 aromatic rings. The Balaban J connectivity index is 2.06. The topological polar surface area (TPSA) is 17.1 Å². The predicted octanol–water partition coefficient (Wildman–Crippen LogP) is 3.95. The minimum Gasteiger partial charge on any atom is -0.300 e. The summed E-state index contributed by atoms with van der Waals surface area (Å²) in [5.41, 5.74) is 1.87. The van der Waals surface area contributed by atoms with E-state index in [0.29, 0.717) is 19.3 Å². The number of hydrogen-bond acceptors (Lipinski definition) is 1. The molecule has 2 aliphatic rings. The second-order valence-corrected chi connectivity index (χ2v) is 5.52. The molecule has 3 heteroatoms. The van der Waals surface area contributed by atoms with E-state index in [2.05, 4.69) is 0 Å². The molecule has 0 bridgehead atoms. The molecule has 0 saturated heterocycles. The van der Waals surface area contributed by atoms with Gasteiger partial charge in [0.2, 0.25) is 0 Å². The normalized spacial score (nSPS) is 26.9. The van der Waals surface area contributed by atoms with Crippen molar-refractivity contribution in [1.82, 2.24) is 0 Å². The maximum Gasteiger partial charge on any atom is 0.264 e. The Bertz CT molecular complexity index is 495. The highest BCUT2D eigenvalue weighted by Crippen LogP contribution is 2.49. The van der Waals surface area contributed by atoms with Crippen LogP contribution in [-0.2, 0) is 16.6 Å². The van der Waals surface area contributed by atoms with Crippen LogP contribution in [0.5, 0.6) is 0 Å². The van der Waals surface area contributed by atoms with E-state index in [1.807, 2.05) is 6.07 Å². The van der Waals surface area contributed by atoms with Crippen LogP contribution in [0.2, 0.25) is 0 Å². The van der Waals surface area contributed by atoms with E-state index in [1.54, 1.807) is 6.07 Å². The predicted molar refractivity (Wildman–Crippen MR) is 64.9 cm³/mol. The van der Waals surface area contributed by atoms with Gasteiger partial charge in [-0.3, -0.25) is 4.79 Å². The van der Waals surface area contributed by atoms with Gasteiger partial charge in [0, 0.05) is 23.8 Å². The number of benzene rings is 1. The Morgan fingerprint density at radius 3 is 2.72 bits per heavy atom. The van der Waals surface area contributed by atoms with Crippen molar-refractivity contribution < 1.29 is 13.6 Å². The number of fused-ring (bicyclic) bond motifs is 2. The van der Waals surface area contributed by atoms with Crippen LogP contribution in [0.25, 0.3) is 0 Å². The molecule has 1 nitrogen and oxygen atoms in total. The zero-order valence-electron chi connectivity index (χ0n) is 10.2. The van der Waals surface area contributed by atoms with Crippen molar-refractivity contribution in [2.45, 2.75) is 50.4 Å². The average molecular weight is 250 g/mol. The third kappa shape index (κ3) is 1.68. The number of ketones is 1. The van der Waals surface area contributed by atoms with Gasteiger partial charge in [0.05, 0.1) is 0 Å². The monoisotopic (exact) mass is 250 g/mol. The van der Waals surface area contributed by atoms with Crippen molar-refractivity contribution in [3.8, 4) is 0 Å². The molecule has 1 atom stereocenters. The highest BCUT2D eigenvalue weighted by atomic mass is 19.3. The summed E-state index contributed by atoms with van der Waals surface area (Å²) in [5, 5.41) is 0. The van der Waals surface area contributed by atoms with E-state index in [-0.39, 0.29) is 16.8 Å². The second kappa shape index (κ2) is 4.15. The van der Waals surface area contributed by atoms with Crippen LogP contribution in [0.15, 0.2) is 18.2 Å². The Morgan fingerprint density at radius 1 is 1.17 bits per heavy atom. The molecule has 0 heterocycles. The van der Waals surface area contributed by atoms with Gasteiger partial charge < -0.3 is 0 Å². The van der Waals surface area contributed by atoms with Gasteiger partial charge in [-0.05, 0) is 36.8 Å². The lowest BCUT2D eigenvalue weighted by Gasteiger charge is -2.33. The zero-order chi connectivity index (χ0) is 12.8. The molecular weight excluding hydrogens is 234 g/mol. The largest absolute Gasteiger partial charge is 0.300 e. The molecular formula is C15H16F2O. The number of carbonyl (C=O) groups excluding carboxylic acids is 1. The summed E-state index contributed by atoms with van der Waals surface area (Å²) < 4.78 is 26.0. The molecule has 2 aliphatic carbocycles. The van der Waals surface area contributed by atoms with Gasteiger partial charge in [-0.2, -0.15) is 0 Å². The van der Waals surface area contributed by atoms with Gasteiger partial charge in [-0.25, -0.2) is 8.78 Å². The van der Waals surface area contributed by atoms with Crippen molar-refractivity contribution >= 4 is 5.78 Å². The van der Waals surface area contributed by atoms with Crippen molar-refractivity contribution in [2.24, 2.45) is 0 Å². The van der Waals surface area contributed by atoms with Gasteiger partial charge in [0.1, 0.15) is 5.78 Å². The first-order chi connectivity index (χ1) is 8.62. The summed E-state index contributed by atoms with van der Waals surface area (Å²) in [7, 11) is 0. The van der Waals surface area contributed by atoms with Gasteiger partial charge in [0.15, 0.2) is 0 Å². The average Bonchev–Trinajstić information content (AvgIpc) is 2.68. The van der Waals surface area contributed by atoms with Crippen LogP contribution in [0.1, 0.15) is 55.2 Å². The first kappa shape index (κ1) is 11.8. The van der Waals surface area contributed by atoms with Gasteiger partial charge in [-0.15, -0.1) is 0 Å². The SMILES string of the molecule is O=C1CCCC2(CCc3c(C(F)F)cccc32)C1. The van der Waals surface area contributed by atoms with Crippen molar-refractivity contribution in [1.29, 1.82) is 0 Å². The van der Waals surface area contributed by atoms with E-state index in [0.717, 1.165) is 30.4 Å². The van der Waals surface area contributed by atoms with Crippen molar-refractivity contribution in [3.05, 3.63) is 34.9 Å². The molecule has 0 aromatic heterocycles. The van der Waals surface area contributed by atoms with E-state index in [9.17, 15) is 13.6 Å². The highest BCUT2D eigenvalue weighted by molar-refractivity contribution is 5.81. The maximum absolute atomic E-state index is 13.0. The number of rotatable bonds is 1. The third-order valence-electron chi connectivity index (χ3n) is 4.52. The lowest BCUT2D eigenvalue weighted by Crippen LogP contribution is -2.30. The summed E-state index contributed by atoms with van der Waals surface area (Å²) in [4.78, 5) is 11.7. The minimum absolute atomic E-state index is 0.129. The summed E-state index contributed by atoms with van der Waals surface area (Å²) in [6, 6.07) is 5.19. The summed E-state index contributed by atoms with van der Waals surface area (Å²) >= 11 is 0. The Kier molecular flexibility index (Phi) is 2.72. The van der Waals surface area contributed by atoms with Gasteiger partial charge >= 0.3 is 0 Å². The third-order valence-corrected chi connectivity index (χ3v) is 4.52. The van der Waals surface area contributed by atoms with Crippen LogP contribution in [0.4, 0.5) is 8.78 Å². The number of carbonyl (C=O) groups is 1. The van der Waals surface area contributed by atoms with Gasteiger partial charge in [0.25, 0.3) is 6.43 Å². The van der Waals surface area contributed by atoms with Crippen molar-refractivity contribution in [2.75, 3.05) is 0 Å². The fraction of sp³-hybridized carbons (Fsp3) is 0.533. The standard InChI is InChI=1S/C15H16F2O/c16-14(17)12-4-1-5-13-11(12)6-8-15(13)7-2-3-10(18)9-15/h1,4-5,14H,2-3,6-9H2.